The molecule has 0 saturated carbocycles. The van der Waals surface area contributed by atoms with Crippen molar-refractivity contribution in [3.8, 4) is 0 Å². The maximum atomic E-state index is 12.7. The first-order valence-corrected chi connectivity index (χ1v) is 6.78. The molecule has 0 fully saturated rings. The lowest BCUT2D eigenvalue weighted by Crippen LogP contribution is -2.24. The number of benzene rings is 1. The fourth-order valence-electron chi connectivity index (χ4n) is 1.36. The van der Waals surface area contributed by atoms with E-state index in [1.165, 1.54) is 41.8 Å². The molecule has 0 aliphatic rings. The maximum Gasteiger partial charge on any atom is 0.249 e. The molecule has 1 aromatic carbocycles. The van der Waals surface area contributed by atoms with E-state index in [-0.39, 0.29) is 12.2 Å². The maximum absolute atomic E-state index is 12.7. The third kappa shape index (κ3) is 5.11. The number of hydrogen-bond acceptors (Lipinski definition) is 5. The van der Waals surface area contributed by atoms with Crippen LogP contribution in [-0.4, -0.2) is 23.0 Å². The SMILES string of the molecule is O=C(CC(=O)Nc1nccs1)N/N=C/c1ccc(F)cc1. The molecule has 8 heteroatoms. The van der Waals surface area contributed by atoms with Crippen molar-refractivity contribution in [2.75, 3.05) is 5.32 Å². The Morgan fingerprint density at radius 2 is 2.05 bits per heavy atom. The number of nitrogens with one attached hydrogen (secondary N) is 2. The zero-order valence-electron chi connectivity index (χ0n) is 10.7. The summed E-state index contributed by atoms with van der Waals surface area (Å²) in [6.07, 6.45) is 2.55. The highest BCUT2D eigenvalue weighted by molar-refractivity contribution is 7.13. The number of thiazole rings is 1. The summed E-state index contributed by atoms with van der Waals surface area (Å²) in [6.45, 7) is 0. The zero-order valence-corrected chi connectivity index (χ0v) is 11.6. The first kappa shape index (κ1) is 14.8. The first-order valence-electron chi connectivity index (χ1n) is 5.90. The van der Waals surface area contributed by atoms with Crippen LogP contribution < -0.4 is 10.7 Å². The third-order valence-corrected chi connectivity index (χ3v) is 2.96. The van der Waals surface area contributed by atoms with Gasteiger partial charge >= 0.3 is 0 Å². The van der Waals surface area contributed by atoms with Crippen molar-refractivity contribution < 1.29 is 14.0 Å². The van der Waals surface area contributed by atoms with Gasteiger partial charge in [-0.3, -0.25) is 9.59 Å². The van der Waals surface area contributed by atoms with Gasteiger partial charge in [0.1, 0.15) is 12.2 Å². The van der Waals surface area contributed by atoms with Gasteiger partial charge in [0, 0.05) is 11.6 Å². The van der Waals surface area contributed by atoms with E-state index in [1.807, 2.05) is 0 Å². The van der Waals surface area contributed by atoms with Crippen molar-refractivity contribution in [1.29, 1.82) is 0 Å². The fraction of sp³-hybridized carbons (Fsp3) is 0.0769. The first-order chi connectivity index (χ1) is 10.1. The van der Waals surface area contributed by atoms with Crippen LogP contribution in [0.1, 0.15) is 12.0 Å². The molecule has 0 spiro atoms. The number of aromatic nitrogens is 1. The fourth-order valence-corrected chi connectivity index (χ4v) is 1.91. The highest BCUT2D eigenvalue weighted by Gasteiger charge is 2.09. The van der Waals surface area contributed by atoms with Crippen molar-refractivity contribution >= 4 is 34.5 Å². The minimum atomic E-state index is -0.553. The molecule has 6 nitrogen and oxygen atoms in total. The van der Waals surface area contributed by atoms with E-state index in [0.29, 0.717) is 10.7 Å². The molecule has 0 aliphatic heterocycles. The van der Waals surface area contributed by atoms with Crippen molar-refractivity contribution in [2.24, 2.45) is 5.10 Å². The van der Waals surface area contributed by atoms with Crippen molar-refractivity contribution in [3.63, 3.8) is 0 Å². The van der Waals surface area contributed by atoms with Crippen LogP contribution >= 0.6 is 11.3 Å². The average Bonchev–Trinajstić information content (AvgIpc) is 2.93. The minimum Gasteiger partial charge on any atom is -0.302 e. The molecule has 0 aliphatic carbocycles. The molecule has 1 heterocycles. The highest BCUT2D eigenvalue weighted by atomic mass is 32.1. The number of carbonyl (C=O) groups excluding carboxylic acids is 2. The number of nitrogens with zero attached hydrogens (tertiary/aromatic N) is 2. The Bertz CT molecular complexity index is 641. The van der Waals surface area contributed by atoms with Crippen molar-refractivity contribution in [2.45, 2.75) is 6.42 Å². The molecule has 0 atom stereocenters. The molecule has 1 aromatic heterocycles. The van der Waals surface area contributed by atoms with Gasteiger partial charge < -0.3 is 5.32 Å². The molecule has 0 unspecified atom stereocenters. The second kappa shape index (κ2) is 7.25. The minimum absolute atomic E-state index is 0.352. The Morgan fingerprint density at radius 1 is 1.29 bits per heavy atom. The Balaban J connectivity index is 1.76. The second-order valence-corrected chi connectivity index (χ2v) is 4.80. The summed E-state index contributed by atoms with van der Waals surface area (Å²) in [4.78, 5) is 26.8. The molecular weight excluding hydrogens is 295 g/mol. The topological polar surface area (TPSA) is 83.5 Å². The van der Waals surface area contributed by atoms with Gasteiger partial charge in [-0.15, -0.1) is 11.3 Å². The van der Waals surface area contributed by atoms with Gasteiger partial charge in [0.05, 0.1) is 6.21 Å². The van der Waals surface area contributed by atoms with Crippen LogP contribution in [0.4, 0.5) is 9.52 Å². The molecule has 108 valence electrons. The van der Waals surface area contributed by atoms with Crippen molar-refractivity contribution in [3.05, 3.63) is 47.2 Å². The van der Waals surface area contributed by atoms with Gasteiger partial charge in [0.15, 0.2) is 5.13 Å². The lowest BCUT2D eigenvalue weighted by atomic mass is 10.2. The predicted octanol–water partition coefficient (Wildman–Crippen LogP) is 1.76. The Labute approximate surface area is 123 Å². The number of carbonyl (C=O) groups is 2. The van der Waals surface area contributed by atoms with Crippen LogP contribution in [0.3, 0.4) is 0 Å². The molecule has 21 heavy (non-hydrogen) atoms. The molecule has 0 radical (unpaired) electrons. The van der Waals surface area contributed by atoms with Crippen LogP contribution in [-0.2, 0) is 9.59 Å². The van der Waals surface area contributed by atoms with Crippen LogP contribution in [0, 0.1) is 5.82 Å². The molecule has 2 N–H and O–H groups in total. The van der Waals surface area contributed by atoms with E-state index in [0.717, 1.165) is 0 Å². The molecule has 2 amide bonds. The van der Waals surface area contributed by atoms with E-state index < -0.39 is 11.8 Å². The predicted molar refractivity (Wildman–Crippen MR) is 77.5 cm³/mol. The number of hydrogen-bond donors (Lipinski definition) is 2. The molecule has 2 rings (SSSR count). The average molecular weight is 306 g/mol. The van der Waals surface area contributed by atoms with E-state index >= 15 is 0 Å². The summed E-state index contributed by atoms with van der Waals surface area (Å²) in [6, 6.07) is 5.59. The van der Waals surface area contributed by atoms with E-state index in [2.05, 4.69) is 20.8 Å². The molecule has 2 aromatic rings. The van der Waals surface area contributed by atoms with Crippen molar-refractivity contribution in [1.82, 2.24) is 10.4 Å². The zero-order chi connectivity index (χ0) is 15.1. The molecular formula is C13H11FN4O2S. The number of hydrazone groups is 1. The van der Waals surface area contributed by atoms with Gasteiger partial charge in [-0.2, -0.15) is 5.10 Å². The molecule has 0 bridgehead atoms. The Hall–Kier alpha value is -2.61. The summed E-state index contributed by atoms with van der Waals surface area (Å²) in [7, 11) is 0. The summed E-state index contributed by atoms with van der Waals surface area (Å²) < 4.78 is 12.7. The van der Waals surface area contributed by atoms with Gasteiger partial charge in [0.25, 0.3) is 0 Å². The van der Waals surface area contributed by atoms with Gasteiger partial charge in [0.2, 0.25) is 11.8 Å². The standard InChI is InChI=1S/C13H11FN4O2S/c14-10-3-1-9(2-4-10)8-16-18-12(20)7-11(19)17-13-15-5-6-21-13/h1-6,8H,7H2,(H,18,20)(H,15,17,19)/b16-8+. The van der Waals surface area contributed by atoms with E-state index in [9.17, 15) is 14.0 Å². The largest absolute Gasteiger partial charge is 0.302 e. The van der Waals surface area contributed by atoms with Crippen LogP contribution in [0.15, 0.2) is 40.9 Å². The summed E-state index contributed by atoms with van der Waals surface area (Å²) in [5.41, 5.74) is 2.84. The lowest BCUT2D eigenvalue weighted by molar-refractivity contribution is -0.126. The number of anilines is 1. The lowest BCUT2D eigenvalue weighted by Gasteiger charge is -2.00. The van der Waals surface area contributed by atoms with Gasteiger partial charge in [-0.1, -0.05) is 12.1 Å². The quantitative estimate of drug-likeness (QED) is 0.501. The smallest absolute Gasteiger partial charge is 0.249 e. The summed E-state index contributed by atoms with van der Waals surface area (Å²) in [5.74, 6) is -1.38. The normalized spacial score (nSPS) is 10.5. The summed E-state index contributed by atoms with van der Waals surface area (Å²) >= 11 is 1.26. The van der Waals surface area contributed by atoms with Crippen LogP contribution in [0.5, 0.6) is 0 Å². The van der Waals surface area contributed by atoms with Gasteiger partial charge in [-0.05, 0) is 17.7 Å². The van der Waals surface area contributed by atoms with Crippen LogP contribution in [0.25, 0.3) is 0 Å². The number of rotatable bonds is 5. The Morgan fingerprint density at radius 3 is 2.71 bits per heavy atom. The van der Waals surface area contributed by atoms with E-state index in [1.54, 1.807) is 11.6 Å². The number of halogens is 1. The van der Waals surface area contributed by atoms with Gasteiger partial charge in [-0.25, -0.2) is 14.8 Å². The van der Waals surface area contributed by atoms with Crippen LogP contribution in [0.2, 0.25) is 0 Å². The second-order valence-electron chi connectivity index (χ2n) is 3.91. The number of amides is 2. The highest BCUT2D eigenvalue weighted by Crippen LogP contribution is 2.10. The monoisotopic (exact) mass is 306 g/mol. The Kier molecular flexibility index (Phi) is 5.10. The van der Waals surface area contributed by atoms with E-state index in [4.69, 9.17) is 0 Å². The third-order valence-electron chi connectivity index (χ3n) is 2.27. The summed E-state index contributed by atoms with van der Waals surface area (Å²) in [5, 5.41) is 8.31. The molecule has 0 saturated heterocycles.